The largest absolute Gasteiger partial charge is 0.416 e. The second-order valence-corrected chi connectivity index (χ2v) is 8.97. The van der Waals surface area contributed by atoms with Crippen molar-refractivity contribution in [1.29, 1.82) is 0 Å². The highest BCUT2D eigenvalue weighted by Gasteiger charge is 2.59. The fourth-order valence-electron chi connectivity index (χ4n) is 5.11. The van der Waals surface area contributed by atoms with E-state index < -0.39 is 36.2 Å². The maximum Gasteiger partial charge on any atom is 0.416 e. The molecule has 1 aliphatic heterocycles. The van der Waals surface area contributed by atoms with E-state index in [9.17, 15) is 27.6 Å². The number of carbonyl (C=O) groups excluding carboxylic acids is 3. The van der Waals surface area contributed by atoms with Crippen LogP contribution in [0.5, 0.6) is 0 Å². The number of alkyl halides is 3. The van der Waals surface area contributed by atoms with Gasteiger partial charge in [-0.25, -0.2) is 0 Å². The summed E-state index contributed by atoms with van der Waals surface area (Å²) >= 11 is 5.89. The summed E-state index contributed by atoms with van der Waals surface area (Å²) in [5, 5.41) is 0.387. The Kier molecular flexibility index (Phi) is 5.08. The van der Waals surface area contributed by atoms with E-state index in [1.807, 2.05) is 12.2 Å². The van der Waals surface area contributed by atoms with Crippen molar-refractivity contribution in [2.24, 2.45) is 23.7 Å². The van der Waals surface area contributed by atoms with Gasteiger partial charge in [-0.1, -0.05) is 29.8 Å². The molecule has 0 N–H and O–H groups in total. The zero-order valence-corrected chi connectivity index (χ0v) is 17.9. The van der Waals surface area contributed by atoms with Gasteiger partial charge >= 0.3 is 6.18 Å². The zero-order chi connectivity index (χ0) is 23.5. The Morgan fingerprint density at radius 2 is 1.61 bits per heavy atom. The predicted molar refractivity (Wildman–Crippen MR) is 114 cm³/mol. The van der Waals surface area contributed by atoms with Crippen LogP contribution in [0.25, 0.3) is 0 Å². The van der Waals surface area contributed by atoms with Crippen LogP contribution in [0, 0.1) is 23.7 Å². The van der Waals surface area contributed by atoms with Gasteiger partial charge in [-0.05, 0) is 60.7 Å². The van der Waals surface area contributed by atoms with Gasteiger partial charge in [0.05, 0.1) is 17.4 Å². The van der Waals surface area contributed by atoms with Gasteiger partial charge in [0.25, 0.3) is 5.91 Å². The van der Waals surface area contributed by atoms with Crippen LogP contribution in [0.1, 0.15) is 22.3 Å². The van der Waals surface area contributed by atoms with Crippen LogP contribution in [0.2, 0.25) is 5.02 Å². The summed E-state index contributed by atoms with van der Waals surface area (Å²) in [6.45, 7) is -0.465. The Balaban J connectivity index is 1.51. The van der Waals surface area contributed by atoms with Crippen molar-refractivity contribution in [3.8, 4) is 0 Å². The Bertz CT molecular complexity index is 1150. The number of carbonyl (C=O) groups is 3. The van der Waals surface area contributed by atoms with E-state index in [2.05, 4.69) is 0 Å². The molecule has 0 unspecified atom stereocenters. The molecule has 0 aromatic heterocycles. The van der Waals surface area contributed by atoms with Crippen LogP contribution < -0.4 is 4.90 Å². The maximum atomic E-state index is 13.3. The van der Waals surface area contributed by atoms with Crippen molar-refractivity contribution in [1.82, 2.24) is 4.90 Å². The molecule has 0 radical (unpaired) electrons. The second-order valence-electron chi connectivity index (χ2n) is 8.53. The fourth-order valence-corrected chi connectivity index (χ4v) is 5.23. The number of halogens is 4. The van der Waals surface area contributed by atoms with Crippen LogP contribution in [-0.2, 0) is 15.8 Å². The van der Waals surface area contributed by atoms with Crippen molar-refractivity contribution in [2.75, 3.05) is 11.6 Å². The minimum absolute atomic E-state index is 0.0181. The van der Waals surface area contributed by atoms with Crippen molar-refractivity contribution in [3.63, 3.8) is 0 Å². The summed E-state index contributed by atoms with van der Waals surface area (Å²) in [5.74, 6) is -2.40. The van der Waals surface area contributed by atoms with Crippen LogP contribution in [0.4, 0.5) is 18.9 Å². The maximum absolute atomic E-state index is 13.3. The summed E-state index contributed by atoms with van der Waals surface area (Å²) in [4.78, 5) is 41.6. The van der Waals surface area contributed by atoms with Gasteiger partial charge in [0, 0.05) is 16.3 Å². The van der Waals surface area contributed by atoms with Crippen LogP contribution in [-0.4, -0.2) is 29.3 Å². The fraction of sp³-hybridized carbons (Fsp3) is 0.292. The standard InChI is InChI=1S/C24H18ClF3N2O3/c25-17-8-6-13(7-9-17)21(31)29(18-3-1-2-16(11-18)24(26,27)28)12-30-22(32)19-14-4-5-15(10-14)20(19)23(30)33/h1-9,11,14-15,19-20H,10,12H2/t14-,15-,19-,20-/m0/s1. The van der Waals surface area contributed by atoms with Gasteiger partial charge in [0.1, 0.15) is 6.67 Å². The van der Waals surface area contributed by atoms with Gasteiger partial charge in [0.2, 0.25) is 11.8 Å². The Labute approximate surface area is 192 Å². The Morgan fingerprint density at radius 3 is 2.18 bits per heavy atom. The quantitative estimate of drug-likeness (QED) is 0.474. The average molecular weight is 475 g/mol. The van der Waals surface area contributed by atoms with Gasteiger partial charge in [0.15, 0.2) is 0 Å². The molecule has 1 saturated carbocycles. The van der Waals surface area contributed by atoms with Crippen molar-refractivity contribution >= 4 is 35.0 Å². The van der Waals surface area contributed by atoms with Gasteiger partial charge in [-0.15, -0.1) is 0 Å². The first-order valence-electron chi connectivity index (χ1n) is 10.4. The third-order valence-corrected chi connectivity index (χ3v) is 6.92. The summed E-state index contributed by atoms with van der Waals surface area (Å²) in [6, 6.07) is 10.1. The first-order chi connectivity index (χ1) is 15.6. The highest BCUT2D eigenvalue weighted by Crippen LogP contribution is 2.52. The lowest BCUT2D eigenvalue weighted by Crippen LogP contribution is -2.45. The minimum atomic E-state index is -4.62. The number of hydrogen-bond acceptors (Lipinski definition) is 3. The molecule has 2 aliphatic carbocycles. The Morgan fingerprint density at radius 1 is 1.00 bits per heavy atom. The molecule has 9 heteroatoms. The number of rotatable bonds is 4. The molecular weight excluding hydrogens is 457 g/mol. The topological polar surface area (TPSA) is 57.7 Å². The summed E-state index contributed by atoms with van der Waals surface area (Å²) in [5.41, 5.74) is -0.839. The van der Waals surface area contributed by atoms with Crippen molar-refractivity contribution in [3.05, 3.63) is 76.8 Å². The molecule has 2 fully saturated rings. The third-order valence-electron chi connectivity index (χ3n) is 6.67. The lowest BCUT2D eigenvalue weighted by Gasteiger charge is -2.28. The lowest BCUT2D eigenvalue weighted by atomic mass is 9.85. The van der Waals surface area contributed by atoms with Crippen molar-refractivity contribution < 1.29 is 27.6 Å². The molecule has 2 aromatic carbocycles. The molecule has 1 heterocycles. The molecular formula is C24H18ClF3N2O3. The lowest BCUT2D eigenvalue weighted by molar-refractivity contribution is -0.141. The molecule has 33 heavy (non-hydrogen) atoms. The number of nitrogens with zero attached hydrogens (tertiary/aromatic N) is 2. The molecule has 3 aliphatic rings. The number of fused-ring (bicyclic) bond motifs is 5. The van der Waals surface area contributed by atoms with E-state index in [-0.39, 0.29) is 34.9 Å². The van der Waals surface area contributed by atoms with Crippen LogP contribution in [0.15, 0.2) is 60.7 Å². The SMILES string of the molecule is O=C1[C@@H]2[C@@H](C(=O)N1CN(C(=O)c1ccc(Cl)cc1)c1cccc(C(F)(F)F)c1)[C@H]1C=C[C@H]2C1. The van der Waals surface area contributed by atoms with E-state index in [1.165, 1.54) is 36.4 Å². The molecule has 5 nitrogen and oxygen atoms in total. The number of imide groups is 1. The number of hydrogen-bond donors (Lipinski definition) is 0. The molecule has 1 saturated heterocycles. The molecule has 2 bridgehead atoms. The molecule has 2 aromatic rings. The van der Waals surface area contributed by atoms with E-state index in [1.54, 1.807) is 0 Å². The van der Waals surface area contributed by atoms with E-state index in [4.69, 9.17) is 11.6 Å². The van der Waals surface area contributed by atoms with Gasteiger partial charge < -0.3 is 0 Å². The average Bonchev–Trinajstić information content (AvgIpc) is 3.46. The Hall–Kier alpha value is -3.13. The van der Waals surface area contributed by atoms with Gasteiger partial charge in [-0.2, -0.15) is 13.2 Å². The summed E-state index contributed by atoms with van der Waals surface area (Å²) in [7, 11) is 0. The first kappa shape index (κ1) is 21.7. The van der Waals surface area contributed by atoms with Crippen LogP contribution in [0.3, 0.4) is 0 Å². The summed E-state index contributed by atoms with van der Waals surface area (Å²) < 4.78 is 40.0. The van der Waals surface area contributed by atoms with E-state index in [0.717, 1.165) is 28.4 Å². The molecule has 170 valence electrons. The van der Waals surface area contributed by atoms with E-state index in [0.29, 0.717) is 5.02 Å². The number of allylic oxidation sites excluding steroid dienone is 2. The molecule has 4 atom stereocenters. The third kappa shape index (κ3) is 3.62. The van der Waals surface area contributed by atoms with Crippen molar-refractivity contribution in [2.45, 2.75) is 12.6 Å². The predicted octanol–water partition coefficient (Wildman–Crippen LogP) is 4.77. The molecule has 3 amide bonds. The number of benzene rings is 2. The molecule has 5 rings (SSSR count). The molecule has 0 spiro atoms. The zero-order valence-electron chi connectivity index (χ0n) is 17.1. The summed E-state index contributed by atoms with van der Waals surface area (Å²) in [6.07, 6.45) is 0.0295. The van der Waals surface area contributed by atoms with Crippen LogP contribution >= 0.6 is 11.6 Å². The highest BCUT2D eigenvalue weighted by molar-refractivity contribution is 6.30. The minimum Gasteiger partial charge on any atom is -0.290 e. The number of amides is 3. The highest BCUT2D eigenvalue weighted by atomic mass is 35.5. The smallest absolute Gasteiger partial charge is 0.290 e. The number of likely N-dealkylation sites (tertiary alicyclic amines) is 1. The van der Waals surface area contributed by atoms with E-state index >= 15 is 0 Å². The first-order valence-corrected chi connectivity index (χ1v) is 10.8. The second kappa shape index (κ2) is 7.73. The van der Waals surface area contributed by atoms with Gasteiger partial charge in [-0.3, -0.25) is 24.2 Å². The number of anilines is 1. The monoisotopic (exact) mass is 474 g/mol. The normalized spacial score (nSPS) is 25.6.